The lowest BCUT2D eigenvalue weighted by Gasteiger charge is -2.07. The summed E-state index contributed by atoms with van der Waals surface area (Å²) in [5, 5.41) is 5.62. The Morgan fingerprint density at radius 3 is 2.17 bits per heavy atom. The molecule has 0 bridgehead atoms. The average molecular weight is 440 g/mol. The summed E-state index contributed by atoms with van der Waals surface area (Å²) in [6, 6.07) is 15.2. The van der Waals surface area contributed by atoms with E-state index >= 15 is 0 Å². The molecule has 0 radical (unpaired) electrons. The molecule has 4 nitrogen and oxygen atoms in total. The number of halogens is 1. The molecular formula is C17H17IN2O2S. The first-order valence-corrected chi connectivity index (χ1v) is 9.26. The van der Waals surface area contributed by atoms with Crippen LogP contribution in [0.2, 0.25) is 0 Å². The van der Waals surface area contributed by atoms with Gasteiger partial charge in [0.2, 0.25) is 11.8 Å². The summed E-state index contributed by atoms with van der Waals surface area (Å²) >= 11 is 3.48. The highest BCUT2D eigenvalue weighted by Crippen LogP contribution is 2.13. The second-order valence-corrected chi connectivity index (χ2v) is 7.20. The first kappa shape index (κ1) is 17.8. The van der Waals surface area contributed by atoms with E-state index in [1.807, 2.05) is 55.5 Å². The van der Waals surface area contributed by atoms with Crippen molar-refractivity contribution in [3.8, 4) is 0 Å². The number of amides is 2. The molecule has 0 aliphatic rings. The van der Waals surface area contributed by atoms with Crippen LogP contribution in [0, 0.1) is 10.5 Å². The van der Waals surface area contributed by atoms with E-state index in [-0.39, 0.29) is 23.3 Å². The van der Waals surface area contributed by atoms with Crippen molar-refractivity contribution in [1.82, 2.24) is 0 Å². The molecule has 120 valence electrons. The lowest BCUT2D eigenvalue weighted by Crippen LogP contribution is -2.18. The van der Waals surface area contributed by atoms with Crippen molar-refractivity contribution >= 4 is 57.5 Å². The number of thioether (sulfide) groups is 1. The van der Waals surface area contributed by atoms with Crippen LogP contribution in [0.4, 0.5) is 11.4 Å². The minimum absolute atomic E-state index is 0.110. The SMILES string of the molecule is Cc1ccc(NC(=O)CSCC(=O)Nc2cccc(I)c2)cc1. The molecule has 0 heterocycles. The molecule has 2 N–H and O–H groups in total. The van der Waals surface area contributed by atoms with E-state index in [9.17, 15) is 9.59 Å². The summed E-state index contributed by atoms with van der Waals surface area (Å²) in [4.78, 5) is 23.7. The summed E-state index contributed by atoms with van der Waals surface area (Å²) in [6.45, 7) is 1.99. The first-order chi connectivity index (χ1) is 11.0. The van der Waals surface area contributed by atoms with Gasteiger partial charge in [-0.25, -0.2) is 0 Å². The van der Waals surface area contributed by atoms with Gasteiger partial charge in [0, 0.05) is 14.9 Å². The second kappa shape index (κ2) is 8.93. The maximum atomic E-state index is 11.8. The molecule has 2 aromatic carbocycles. The molecule has 2 aromatic rings. The van der Waals surface area contributed by atoms with Gasteiger partial charge >= 0.3 is 0 Å². The fraction of sp³-hybridized carbons (Fsp3) is 0.176. The molecule has 0 saturated carbocycles. The second-order valence-electron chi connectivity index (χ2n) is 4.97. The number of nitrogens with one attached hydrogen (secondary N) is 2. The Kier molecular flexibility index (Phi) is 6.91. The Morgan fingerprint density at radius 2 is 1.57 bits per heavy atom. The van der Waals surface area contributed by atoms with Crippen LogP contribution >= 0.6 is 34.4 Å². The Morgan fingerprint density at radius 1 is 0.957 bits per heavy atom. The number of carbonyl (C=O) groups excluding carboxylic acids is 2. The van der Waals surface area contributed by atoms with Crippen LogP contribution in [0.3, 0.4) is 0 Å². The van der Waals surface area contributed by atoms with Crippen LogP contribution in [-0.2, 0) is 9.59 Å². The Balaban J connectivity index is 1.70. The lowest BCUT2D eigenvalue weighted by molar-refractivity contribution is -0.114. The molecule has 6 heteroatoms. The van der Waals surface area contributed by atoms with E-state index < -0.39 is 0 Å². The number of rotatable bonds is 6. The van der Waals surface area contributed by atoms with Gasteiger partial charge in [0.1, 0.15) is 0 Å². The molecule has 0 spiro atoms. The Bertz CT molecular complexity index is 689. The van der Waals surface area contributed by atoms with E-state index in [0.29, 0.717) is 0 Å². The molecule has 23 heavy (non-hydrogen) atoms. The predicted molar refractivity (Wildman–Crippen MR) is 105 cm³/mol. The van der Waals surface area contributed by atoms with Gasteiger partial charge in [-0.05, 0) is 59.8 Å². The quantitative estimate of drug-likeness (QED) is 0.670. The van der Waals surface area contributed by atoms with Crippen LogP contribution in [0.5, 0.6) is 0 Å². The monoisotopic (exact) mass is 440 g/mol. The van der Waals surface area contributed by atoms with Crippen LogP contribution in [-0.4, -0.2) is 23.3 Å². The summed E-state index contributed by atoms with van der Waals surface area (Å²) in [7, 11) is 0. The van der Waals surface area contributed by atoms with Gasteiger partial charge in [0.25, 0.3) is 0 Å². The summed E-state index contributed by atoms with van der Waals surface area (Å²) in [5.74, 6) is 0.265. The normalized spacial score (nSPS) is 10.2. The van der Waals surface area contributed by atoms with Crippen molar-refractivity contribution < 1.29 is 9.59 Å². The minimum atomic E-state index is -0.111. The standard InChI is InChI=1S/C17H17IN2O2S/c1-12-5-7-14(8-6-12)19-16(21)10-23-11-17(22)20-15-4-2-3-13(18)9-15/h2-9H,10-11H2,1H3,(H,19,21)(H,20,22). The maximum absolute atomic E-state index is 11.8. The zero-order chi connectivity index (χ0) is 16.7. The van der Waals surface area contributed by atoms with Crippen molar-refractivity contribution in [2.45, 2.75) is 6.92 Å². The Hall–Kier alpha value is -1.54. The van der Waals surface area contributed by atoms with Gasteiger partial charge in [-0.3, -0.25) is 9.59 Å². The Labute approximate surface area is 153 Å². The highest BCUT2D eigenvalue weighted by molar-refractivity contribution is 14.1. The van der Waals surface area contributed by atoms with Gasteiger partial charge in [-0.2, -0.15) is 0 Å². The number of hydrogen-bond acceptors (Lipinski definition) is 3. The molecular weight excluding hydrogens is 423 g/mol. The van der Waals surface area contributed by atoms with Crippen LogP contribution in [0.15, 0.2) is 48.5 Å². The molecule has 0 aliphatic carbocycles. The number of aryl methyl sites for hydroxylation is 1. The highest BCUT2D eigenvalue weighted by Gasteiger charge is 2.07. The summed E-state index contributed by atoms with van der Waals surface area (Å²) < 4.78 is 1.06. The molecule has 2 amide bonds. The number of carbonyl (C=O) groups is 2. The van der Waals surface area contributed by atoms with Crippen molar-refractivity contribution in [3.63, 3.8) is 0 Å². The van der Waals surface area contributed by atoms with E-state index in [1.165, 1.54) is 11.8 Å². The zero-order valence-electron chi connectivity index (χ0n) is 12.6. The highest BCUT2D eigenvalue weighted by atomic mass is 127. The van der Waals surface area contributed by atoms with Crippen molar-refractivity contribution in [2.24, 2.45) is 0 Å². The van der Waals surface area contributed by atoms with Crippen molar-refractivity contribution in [2.75, 3.05) is 22.1 Å². The fourth-order valence-electron chi connectivity index (χ4n) is 1.83. The average Bonchev–Trinajstić information content (AvgIpc) is 2.49. The van der Waals surface area contributed by atoms with Gasteiger partial charge in [-0.15, -0.1) is 11.8 Å². The third-order valence-corrected chi connectivity index (χ3v) is 4.51. The molecule has 0 aromatic heterocycles. The smallest absolute Gasteiger partial charge is 0.234 e. The third-order valence-electron chi connectivity index (χ3n) is 2.91. The third kappa shape index (κ3) is 6.62. The van der Waals surface area contributed by atoms with Gasteiger partial charge < -0.3 is 10.6 Å². The fourth-order valence-corrected chi connectivity index (χ4v) is 2.99. The maximum Gasteiger partial charge on any atom is 0.234 e. The van der Waals surface area contributed by atoms with E-state index in [2.05, 4.69) is 33.2 Å². The zero-order valence-corrected chi connectivity index (χ0v) is 15.6. The van der Waals surface area contributed by atoms with Gasteiger partial charge in [-0.1, -0.05) is 23.8 Å². The number of anilines is 2. The van der Waals surface area contributed by atoms with E-state index in [1.54, 1.807) is 0 Å². The van der Waals surface area contributed by atoms with Gasteiger partial charge in [0.15, 0.2) is 0 Å². The summed E-state index contributed by atoms with van der Waals surface area (Å²) in [5.41, 5.74) is 2.68. The van der Waals surface area contributed by atoms with E-state index in [0.717, 1.165) is 20.5 Å². The molecule has 0 fully saturated rings. The van der Waals surface area contributed by atoms with Crippen molar-refractivity contribution in [3.05, 3.63) is 57.7 Å². The van der Waals surface area contributed by atoms with E-state index in [4.69, 9.17) is 0 Å². The van der Waals surface area contributed by atoms with Gasteiger partial charge in [0.05, 0.1) is 11.5 Å². The molecule has 0 unspecified atom stereocenters. The van der Waals surface area contributed by atoms with Crippen LogP contribution < -0.4 is 10.6 Å². The topological polar surface area (TPSA) is 58.2 Å². The summed E-state index contributed by atoms with van der Waals surface area (Å²) in [6.07, 6.45) is 0. The largest absolute Gasteiger partial charge is 0.325 e. The predicted octanol–water partition coefficient (Wildman–Crippen LogP) is 3.91. The first-order valence-electron chi connectivity index (χ1n) is 7.02. The number of benzene rings is 2. The lowest BCUT2D eigenvalue weighted by atomic mass is 10.2. The van der Waals surface area contributed by atoms with Crippen molar-refractivity contribution in [1.29, 1.82) is 0 Å². The van der Waals surface area contributed by atoms with Crippen LogP contribution in [0.25, 0.3) is 0 Å². The molecule has 0 aliphatic heterocycles. The minimum Gasteiger partial charge on any atom is -0.325 e. The molecule has 2 rings (SSSR count). The molecule has 0 atom stereocenters. The number of hydrogen-bond donors (Lipinski definition) is 2. The molecule has 0 saturated heterocycles. The van der Waals surface area contributed by atoms with Crippen LogP contribution in [0.1, 0.15) is 5.56 Å².